The van der Waals surface area contributed by atoms with Crippen LogP contribution in [-0.2, 0) is 32.7 Å². The molecule has 10 heteroatoms. The Bertz CT molecular complexity index is 648. The molecule has 0 radical (unpaired) electrons. The van der Waals surface area contributed by atoms with E-state index in [1.54, 1.807) is 6.92 Å². The predicted molar refractivity (Wildman–Crippen MR) is 135 cm³/mol. The summed E-state index contributed by atoms with van der Waals surface area (Å²) in [4.78, 5) is 35.7. The number of allylic oxidation sites excluding steroid dienone is 2. The van der Waals surface area contributed by atoms with E-state index in [0.29, 0.717) is 17.4 Å². The zero-order chi connectivity index (χ0) is 26.6. The highest BCUT2D eigenvalue weighted by Gasteiger charge is 2.21. The van der Waals surface area contributed by atoms with Gasteiger partial charge in [0.1, 0.15) is 19.8 Å². The predicted octanol–water partition coefficient (Wildman–Crippen LogP) is 4.54. The summed E-state index contributed by atoms with van der Waals surface area (Å²) in [7, 11) is 1.15. The minimum absolute atomic E-state index is 0.0330. The second-order valence-corrected chi connectivity index (χ2v) is 11.1. The standard InChI is InChI=1S/C25H48NO8P/c1-6-8-9-10-11-12-13-14-15-16-17-18-25(28)34-23(21-31-24(27)7-2)22-33-35(29,30)32-20-19-26(3,4)5/h10-11,23H,6-9,12-22H2,1-5H3/b11-10-. The molecule has 0 aromatic rings. The zero-order valence-corrected chi connectivity index (χ0v) is 23.4. The Balaban J connectivity index is 4.31. The summed E-state index contributed by atoms with van der Waals surface area (Å²) in [5.74, 6) is -0.951. The van der Waals surface area contributed by atoms with Crippen molar-refractivity contribution in [2.75, 3.05) is 47.5 Å². The van der Waals surface area contributed by atoms with E-state index in [9.17, 15) is 19.0 Å². The molecular formula is C25H48NO8P. The van der Waals surface area contributed by atoms with E-state index < -0.39 is 32.5 Å². The van der Waals surface area contributed by atoms with Gasteiger partial charge in [-0.25, -0.2) is 0 Å². The number of carbonyl (C=O) groups excluding carboxylic acids is 2. The molecule has 9 nitrogen and oxygen atoms in total. The first-order valence-corrected chi connectivity index (χ1v) is 14.4. The minimum atomic E-state index is -4.57. The van der Waals surface area contributed by atoms with Crippen molar-refractivity contribution in [3.63, 3.8) is 0 Å². The summed E-state index contributed by atoms with van der Waals surface area (Å²) in [6.45, 7) is 3.51. The number of esters is 2. The van der Waals surface area contributed by atoms with Crippen LogP contribution in [-0.4, -0.2) is 70.0 Å². The Labute approximate surface area is 212 Å². The van der Waals surface area contributed by atoms with E-state index in [1.807, 2.05) is 21.1 Å². The number of quaternary nitrogens is 1. The largest absolute Gasteiger partial charge is 0.756 e. The second-order valence-electron chi connectivity index (χ2n) is 9.66. The Morgan fingerprint density at radius 2 is 1.51 bits per heavy atom. The summed E-state index contributed by atoms with van der Waals surface area (Å²) in [6, 6.07) is 0. The highest BCUT2D eigenvalue weighted by Crippen LogP contribution is 2.38. The Kier molecular flexibility index (Phi) is 19.2. The molecule has 0 spiro atoms. The third kappa shape index (κ3) is 22.9. The van der Waals surface area contributed by atoms with E-state index in [1.165, 1.54) is 12.8 Å². The Hall–Kier alpha value is -1.25. The second kappa shape index (κ2) is 19.9. The van der Waals surface area contributed by atoms with Crippen LogP contribution in [0.5, 0.6) is 0 Å². The average molecular weight is 522 g/mol. The number of phosphoric ester groups is 1. The van der Waals surface area contributed by atoms with Gasteiger partial charge < -0.3 is 27.9 Å². The van der Waals surface area contributed by atoms with Crippen LogP contribution in [0.2, 0.25) is 0 Å². The number of likely N-dealkylation sites (N-methyl/N-ethyl adjacent to an activating group) is 1. The first kappa shape index (κ1) is 33.8. The number of carbonyl (C=O) groups is 2. The molecule has 0 fully saturated rings. The molecule has 0 saturated carbocycles. The van der Waals surface area contributed by atoms with Crippen molar-refractivity contribution in [1.29, 1.82) is 0 Å². The number of ether oxygens (including phenoxy) is 2. The summed E-state index contributed by atoms with van der Waals surface area (Å²) < 4.78 is 32.6. The smallest absolute Gasteiger partial charge is 0.306 e. The van der Waals surface area contributed by atoms with Gasteiger partial charge in [0.15, 0.2) is 6.10 Å². The van der Waals surface area contributed by atoms with Gasteiger partial charge in [0.2, 0.25) is 0 Å². The van der Waals surface area contributed by atoms with Crippen LogP contribution >= 0.6 is 7.82 Å². The zero-order valence-electron chi connectivity index (χ0n) is 22.5. The van der Waals surface area contributed by atoms with Crippen LogP contribution < -0.4 is 4.89 Å². The molecule has 0 aliphatic heterocycles. The van der Waals surface area contributed by atoms with Gasteiger partial charge >= 0.3 is 11.9 Å². The summed E-state index contributed by atoms with van der Waals surface area (Å²) in [6.07, 6.45) is 13.4. The van der Waals surface area contributed by atoms with Crippen molar-refractivity contribution >= 4 is 19.8 Å². The minimum Gasteiger partial charge on any atom is -0.756 e. The molecule has 0 aromatic heterocycles. The van der Waals surface area contributed by atoms with Crippen molar-refractivity contribution in [1.82, 2.24) is 0 Å². The number of rotatable bonds is 22. The van der Waals surface area contributed by atoms with Crippen LogP contribution in [0.25, 0.3) is 0 Å². The van der Waals surface area contributed by atoms with E-state index >= 15 is 0 Å². The summed E-state index contributed by atoms with van der Waals surface area (Å²) in [5, 5.41) is 0. The molecule has 0 amide bonds. The molecule has 2 atom stereocenters. The van der Waals surface area contributed by atoms with Gasteiger partial charge in [0.05, 0.1) is 27.7 Å². The topological polar surface area (TPSA) is 111 Å². The van der Waals surface area contributed by atoms with E-state index in [4.69, 9.17) is 18.5 Å². The lowest BCUT2D eigenvalue weighted by Gasteiger charge is -2.28. The number of nitrogens with zero attached hydrogens (tertiary/aromatic N) is 1. The Morgan fingerprint density at radius 1 is 0.886 bits per heavy atom. The van der Waals surface area contributed by atoms with E-state index in [2.05, 4.69) is 19.1 Å². The maximum Gasteiger partial charge on any atom is 0.306 e. The molecule has 0 rings (SSSR count). The van der Waals surface area contributed by atoms with E-state index in [0.717, 1.165) is 38.5 Å². The van der Waals surface area contributed by atoms with Crippen molar-refractivity contribution in [2.45, 2.75) is 90.6 Å². The van der Waals surface area contributed by atoms with Crippen LogP contribution in [0.3, 0.4) is 0 Å². The van der Waals surface area contributed by atoms with Crippen LogP contribution in [0.4, 0.5) is 0 Å². The monoisotopic (exact) mass is 521 g/mol. The molecule has 206 valence electrons. The molecule has 0 saturated heterocycles. The molecule has 0 aromatic carbocycles. The fraction of sp³-hybridized carbons (Fsp3) is 0.840. The number of hydrogen-bond acceptors (Lipinski definition) is 8. The van der Waals surface area contributed by atoms with Gasteiger partial charge in [-0.2, -0.15) is 0 Å². The normalized spacial score (nSPS) is 14.6. The first-order valence-electron chi connectivity index (χ1n) is 12.9. The Morgan fingerprint density at radius 3 is 2.14 bits per heavy atom. The van der Waals surface area contributed by atoms with E-state index in [-0.39, 0.29) is 26.1 Å². The van der Waals surface area contributed by atoms with Gasteiger partial charge in [-0.3, -0.25) is 14.2 Å². The van der Waals surface area contributed by atoms with Gasteiger partial charge in [-0.1, -0.05) is 58.1 Å². The highest BCUT2D eigenvalue weighted by atomic mass is 31.2. The molecule has 35 heavy (non-hydrogen) atoms. The molecule has 2 unspecified atom stereocenters. The molecule has 0 bridgehead atoms. The van der Waals surface area contributed by atoms with Crippen molar-refractivity contribution in [3.05, 3.63) is 12.2 Å². The molecule has 0 aliphatic rings. The third-order valence-electron chi connectivity index (χ3n) is 5.09. The maximum atomic E-state index is 12.2. The number of phosphoric acid groups is 1. The lowest BCUT2D eigenvalue weighted by atomic mass is 10.1. The summed E-state index contributed by atoms with van der Waals surface area (Å²) in [5.41, 5.74) is 0. The lowest BCUT2D eigenvalue weighted by molar-refractivity contribution is -0.870. The average Bonchev–Trinajstić information content (AvgIpc) is 2.78. The number of unbranched alkanes of at least 4 members (excludes halogenated alkanes) is 7. The van der Waals surface area contributed by atoms with Crippen molar-refractivity contribution < 1.29 is 42.1 Å². The first-order chi connectivity index (χ1) is 16.5. The van der Waals surface area contributed by atoms with Gasteiger partial charge in [0.25, 0.3) is 7.82 Å². The van der Waals surface area contributed by atoms with Crippen molar-refractivity contribution in [2.24, 2.45) is 0 Å². The number of hydrogen-bond donors (Lipinski definition) is 0. The molecular weight excluding hydrogens is 473 g/mol. The van der Waals surface area contributed by atoms with Crippen molar-refractivity contribution in [3.8, 4) is 0 Å². The van der Waals surface area contributed by atoms with Crippen LogP contribution in [0, 0.1) is 0 Å². The summed E-state index contributed by atoms with van der Waals surface area (Å²) >= 11 is 0. The fourth-order valence-electron chi connectivity index (χ4n) is 2.91. The maximum absolute atomic E-state index is 12.2. The SMILES string of the molecule is CCCC/C=C\CCCCCCCC(=O)OC(COC(=O)CC)COP(=O)([O-])OCC[N+](C)(C)C. The van der Waals surface area contributed by atoms with Crippen LogP contribution in [0.15, 0.2) is 12.2 Å². The molecule has 0 N–H and O–H groups in total. The molecule has 0 aliphatic carbocycles. The molecule has 0 heterocycles. The lowest BCUT2D eigenvalue weighted by Crippen LogP contribution is -2.37. The highest BCUT2D eigenvalue weighted by molar-refractivity contribution is 7.45. The fourth-order valence-corrected chi connectivity index (χ4v) is 3.64. The van der Waals surface area contributed by atoms with Gasteiger partial charge in [0, 0.05) is 12.8 Å². The third-order valence-corrected chi connectivity index (χ3v) is 6.05. The van der Waals surface area contributed by atoms with Gasteiger partial charge in [-0.05, 0) is 25.7 Å². The quantitative estimate of drug-likeness (QED) is 0.0671. The van der Waals surface area contributed by atoms with Crippen LogP contribution in [0.1, 0.15) is 84.5 Å². The van der Waals surface area contributed by atoms with Gasteiger partial charge in [-0.15, -0.1) is 0 Å².